The van der Waals surface area contributed by atoms with E-state index in [9.17, 15) is 9.90 Å². The van der Waals surface area contributed by atoms with Gasteiger partial charge in [0.1, 0.15) is 5.54 Å². The number of hydrogen-bond donors (Lipinski definition) is 1. The summed E-state index contributed by atoms with van der Waals surface area (Å²) in [7, 11) is 1.96. The number of hydrogen-bond acceptors (Lipinski definition) is 2. The first kappa shape index (κ1) is 12.5. The van der Waals surface area contributed by atoms with E-state index in [-0.39, 0.29) is 0 Å². The van der Waals surface area contributed by atoms with Gasteiger partial charge in [-0.05, 0) is 38.8 Å². The number of carboxylic acid groups (broad SMARTS) is 1. The number of aliphatic carboxylic acids is 1. The number of likely N-dealkylation sites (N-methyl/N-ethyl adjacent to an activating group) is 1. The van der Waals surface area contributed by atoms with Crippen molar-refractivity contribution in [1.82, 2.24) is 4.90 Å². The van der Waals surface area contributed by atoms with Crippen molar-refractivity contribution in [2.45, 2.75) is 51.5 Å². The van der Waals surface area contributed by atoms with Gasteiger partial charge in [0.2, 0.25) is 0 Å². The molecular weight excluding hydrogens is 190 g/mol. The fourth-order valence-corrected chi connectivity index (χ4v) is 2.38. The average molecular weight is 213 g/mol. The fourth-order valence-electron chi connectivity index (χ4n) is 2.38. The summed E-state index contributed by atoms with van der Waals surface area (Å²) < 4.78 is 0. The summed E-state index contributed by atoms with van der Waals surface area (Å²) in [4.78, 5) is 13.4. The highest BCUT2D eigenvalue weighted by Crippen LogP contribution is 2.35. The Kier molecular flexibility index (Phi) is 4.14. The highest BCUT2D eigenvalue weighted by molar-refractivity contribution is 5.79. The zero-order valence-corrected chi connectivity index (χ0v) is 10.1. The van der Waals surface area contributed by atoms with Gasteiger partial charge in [-0.25, -0.2) is 0 Å². The van der Waals surface area contributed by atoms with Crippen LogP contribution in [0.2, 0.25) is 0 Å². The highest BCUT2D eigenvalue weighted by Gasteiger charge is 2.44. The van der Waals surface area contributed by atoms with Gasteiger partial charge in [-0.3, -0.25) is 9.69 Å². The van der Waals surface area contributed by atoms with Crippen LogP contribution in [0.25, 0.3) is 0 Å². The molecule has 0 radical (unpaired) electrons. The lowest BCUT2D eigenvalue weighted by atomic mass is 9.95. The topological polar surface area (TPSA) is 40.5 Å². The van der Waals surface area contributed by atoms with Crippen LogP contribution < -0.4 is 0 Å². The van der Waals surface area contributed by atoms with Crippen molar-refractivity contribution in [3.63, 3.8) is 0 Å². The lowest BCUT2D eigenvalue weighted by molar-refractivity contribution is -0.150. The van der Waals surface area contributed by atoms with Crippen LogP contribution in [0.15, 0.2) is 0 Å². The van der Waals surface area contributed by atoms with E-state index in [1.54, 1.807) is 0 Å². The molecule has 0 bridgehead atoms. The van der Waals surface area contributed by atoms with Crippen molar-refractivity contribution in [1.29, 1.82) is 0 Å². The van der Waals surface area contributed by atoms with Crippen molar-refractivity contribution < 1.29 is 9.90 Å². The molecule has 0 aliphatic heterocycles. The van der Waals surface area contributed by atoms with Crippen LogP contribution in [0.1, 0.15) is 46.0 Å². The summed E-state index contributed by atoms with van der Waals surface area (Å²) >= 11 is 0. The highest BCUT2D eigenvalue weighted by atomic mass is 16.4. The number of rotatable bonds is 5. The molecule has 0 aromatic rings. The van der Waals surface area contributed by atoms with Gasteiger partial charge >= 0.3 is 5.97 Å². The van der Waals surface area contributed by atoms with Crippen molar-refractivity contribution in [3.8, 4) is 0 Å². The van der Waals surface area contributed by atoms with E-state index in [1.165, 1.54) is 0 Å². The maximum Gasteiger partial charge on any atom is 0.324 e. The van der Waals surface area contributed by atoms with Crippen molar-refractivity contribution in [3.05, 3.63) is 0 Å². The standard InChI is InChI=1S/C12H23NO2/c1-10(2)6-9-13(3)12(11(14)15)7-4-5-8-12/h10H,4-9H2,1-3H3,(H,14,15). The van der Waals surface area contributed by atoms with E-state index >= 15 is 0 Å². The van der Waals surface area contributed by atoms with Crippen molar-refractivity contribution >= 4 is 5.97 Å². The lowest BCUT2D eigenvalue weighted by Gasteiger charge is -2.35. The molecule has 0 aromatic carbocycles. The molecule has 3 heteroatoms. The molecule has 1 N–H and O–H groups in total. The van der Waals surface area contributed by atoms with Gasteiger partial charge in [-0.15, -0.1) is 0 Å². The molecule has 0 spiro atoms. The minimum atomic E-state index is -0.633. The Morgan fingerprint density at radius 3 is 2.33 bits per heavy atom. The second-order valence-corrected chi connectivity index (χ2v) is 5.15. The van der Waals surface area contributed by atoms with Crippen molar-refractivity contribution in [2.75, 3.05) is 13.6 Å². The van der Waals surface area contributed by atoms with Gasteiger partial charge in [0.15, 0.2) is 0 Å². The SMILES string of the molecule is CC(C)CCN(C)C1(C(=O)O)CCCC1. The summed E-state index contributed by atoms with van der Waals surface area (Å²) in [6.45, 7) is 5.25. The zero-order chi connectivity index (χ0) is 11.5. The molecular formula is C12H23NO2. The van der Waals surface area contributed by atoms with Gasteiger partial charge in [0.05, 0.1) is 0 Å². The third-order valence-corrected chi connectivity index (χ3v) is 3.60. The second-order valence-electron chi connectivity index (χ2n) is 5.15. The van der Waals surface area contributed by atoms with Crippen LogP contribution in [0.3, 0.4) is 0 Å². The Labute approximate surface area is 92.5 Å². The molecule has 88 valence electrons. The summed E-state index contributed by atoms with van der Waals surface area (Å²) in [6, 6.07) is 0. The Morgan fingerprint density at radius 2 is 1.93 bits per heavy atom. The molecule has 0 aromatic heterocycles. The first-order valence-corrected chi connectivity index (χ1v) is 5.93. The molecule has 3 nitrogen and oxygen atoms in total. The smallest absolute Gasteiger partial charge is 0.324 e. The largest absolute Gasteiger partial charge is 0.480 e. The van der Waals surface area contributed by atoms with Crippen LogP contribution in [-0.4, -0.2) is 35.1 Å². The van der Waals surface area contributed by atoms with E-state index in [0.29, 0.717) is 5.92 Å². The third-order valence-electron chi connectivity index (χ3n) is 3.60. The molecule has 1 aliphatic rings. The molecule has 1 saturated carbocycles. The van der Waals surface area contributed by atoms with Gasteiger partial charge in [0, 0.05) is 0 Å². The van der Waals surface area contributed by atoms with Gasteiger partial charge in [-0.1, -0.05) is 26.7 Å². The number of carbonyl (C=O) groups is 1. The normalized spacial score (nSPS) is 20.1. The summed E-state index contributed by atoms with van der Waals surface area (Å²) in [5.74, 6) is 0.00551. The number of nitrogens with zero attached hydrogens (tertiary/aromatic N) is 1. The van der Waals surface area contributed by atoms with E-state index < -0.39 is 11.5 Å². The Morgan fingerprint density at radius 1 is 1.40 bits per heavy atom. The molecule has 0 atom stereocenters. The summed E-state index contributed by atoms with van der Waals surface area (Å²) in [5.41, 5.74) is -0.561. The van der Waals surface area contributed by atoms with E-state index in [0.717, 1.165) is 38.6 Å². The van der Waals surface area contributed by atoms with E-state index in [4.69, 9.17) is 0 Å². The lowest BCUT2D eigenvalue weighted by Crippen LogP contribution is -2.51. The van der Waals surface area contributed by atoms with E-state index in [2.05, 4.69) is 18.7 Å². The Hall–Kier alpha value is -0.570. The third kappa shape index (κ3) is 2.71. The maximum absolute atomic E-state index is 11.4. The van der Waals surface area contributed by atoms with Gasteiger partial charge in [0.25, 0.3) is 0 Å². The van der Waals surface area contributed by atoms with Crippen LogP contribution in [0, 0.1) is 5.92 Å². The molecule has 1 aliphatic carbocycles. The molecule has 1 rings (SSSR count). The quantitative estimate of drug-likeness (QED) is 0.762. The predicted octanol–water partition coefficient (Wildman–Crippen LogP) is 2.36. The molecule has 1 fully saturated rings. The van der Waals surface area contributed by atoms with Crippen LogP contribution in [-0.2, 0) is 4.79 Å². The first-order valence-electron chi connectivity index (χ1n) is 5.93. The number of carboxylic acids is 1. The van der Waals surface area contributed by atoms with Crippen LogP contribution >= 0.6 is 0 Å². The molecule has 0 unspecified atom stereocenters. The maximum atomic E-state index is 11.4. The second kappa shape index (κ2) is 4.97. The van der Waals surface area contributed by atoms with Crippen LogP contribution in [0.5, 0.6) is 0 Å². The monoisotopic (exact) mass is 213 g/mol. The molecule has 0 heterocycles. The Balaban J connectivity index is 2.60. The summed E-state index contributed by atoms with van der Waals surface area (Å²) in [6.07, 6.45) is 4.82. The van der Waals surface area contributed by atoms with Crippen molar-refractivity contribution in [2.24, 2.45) is 5.92 Å². The van der Waals surface area contributed by atoms with Gasteiger partial charge in [-0.2, -0.15) is 0 Å². The Bertz CT molecular complexity index is 220. The average Bonchev–Trinajstić information content (AvgIpc) is 2.63. The first-order chi connectivity index (χ1) is 6.99. The fraction of sp³-hybridized carbons (Fsp3) is 0.917. The van der Waals surface area contributed by atoms with Gasteiger partial charge < -0.3 is 5.11 Å². The minimum absolute atomic E-state index is 0.561. The zero-order valence-electron chi connectivity index (χ0n) is 10.1. The predicted molar refractivity (Wildman–Crippen MR) is 60.9 cm³/mol. The molecule has 0 amide bonds. The summed E-state index contributed by atoms with van der Waals surface area (Å²) in [5, 5.41) is 9.36. The van der Waals surface area contributed by atoms with E-state index in [1.807, 2.05) is 7.05 Å². The molecule has 15 heavy (non-hydrogen) atoms. The molecule has 0 saturated heterocycles. The minimum Gasteiger partial charge on any atom is -0.480 e. The van der Waals surface area contributed by atoms with Crippen LogP contribution in [0.4, 0.5) is 0 Å².